The van der Waals surface area contributed by atoms with E-state index in [0.29, 0.717) is 19.8 Å². The van der Waals surface area contributed by atoms with Crippen molar-refractivity contribution in [3.05, 3.63) is 0 Å². The van der Waals surface area contributed by atoms with Gasteiger partial charge in [-0.15, -0.1) is 0 Å². The first-order valence-corrected chi connectivity index (χ1v) is 14.0. The maximum absolute atomic E-state index is 8.98. The molecule has 0 aliphatic heterocycles. The molecule has 222 valence electrons. The van der Waals surface area contributed by atoms with Gasteiger partial charge in [-0.2, -0.15) is 0 Å². The van der Waals surface area contributed by atoms with Crippen LogP contribution in [0.1, 0.15) is 97.8 Å². The maximum atomic E-state index is 8.98. The van der Waals surface area contributed by atoms with Crippen LogP contribution >= 0.6 is 0 Å². The second-order valence-electron chi connectivity index (χ2n) is 8.92. The Morgan fingerprint density at radius 2 is 0.722 bits per heavy atom. The highest BCUT2D eigenvalue weighted by atomic mass is 16.5. The van der Waals surface area contributed by atoms with Crippen LogP contribution in [-0.2, 0) is 14.2 Å². The van der Waals surface area contributed by atoms with E-state index >= 15 is 0 Å². The Hall–Kier alpha value is -0.360. The first-order chi connectivity index (χ1) is 17.4. The van der Waals surface area contributed by atoms with Crippen molar-refractivity contribution in [1.82, 2.24) is 0 Å². The van der Waals surface area contributed by atoms with Crippen LogP contribution < -0.4 is 0 Å². The molecular formula is C27H60O9. The van der Waals surface area contributed by atoms with E-state index in [0.717, 1.165) is 19.3 Å². The molecule has 9 heteroatoms. The normalized spacial score (nSPS) is 13.2. The van der Waals surface area contributed by atoms with E-state index in [1.54, 1.807) is 0 Å². The number of hydrogen-bond acceptors (Lipinski definition) is 9. The lowest BCUT2D eigenvalue weighted by atomic mass is 10.1. The van der Waals surface area contributed by atoms with Crippen LogP contribution in [0.25, 0.3) is 0 Å². The van der Waals surface area contributed by atoms with Gasteiger partial charge in [0, 0.05) is 19.8 Å². The largest absolute Gasteiger partial charge is 0.394 e. The molecule has 0 aliphatic carbocycles. The lowest BCUT2D eigenvalue weighted by Crippen LogP contribution is -2.19. The van der Waals surface area contributed by atoms with Gasteiger partial charge in [-0.25, -0.2) is 0 Å². The summed E-state index contributed by atoms with van der Waals surface area (Å²) >= 11 is 0. The van der Waals surface area contributed by atoms with E-state index in [9.17, 15) is 0 Å². The fourth-order valence-electron chi connectivity index (χ4n) is 2.75. The second kappa shape index (κ2) is 36.8. The fraction of sp³-hybridized carbons (Fsp3) is 1.00. The van der Waals surface area contributed by atoms with Gasteiger partial charge in [-0.1, -0.05) is 78.6 Å². The molecular weight excluding hydrogens is 468 g/mol. The number of aliphatic hydroxyl groups excluding tert-OH is 6. The smallest absolute Gasteiger partial charge is 0.100 e. The molecule has 0 rings (SSSR count). The van der Waals surface area contributed by atoms with E-state index in [4.69, 9.17) is 44.8 Å². The molecule has 0 aliphatic rings. The van der Waals surface area contributed by atoms with E-state index in [-0.39, 0.29) is 39.6 Å². The van der Waals surface area contributed by atoms with Crippen molar-refractivity contribution >= 4 is 0 Å². The summed E-state index contributed by atoms with van der Waals surface area (Å²) in [7, 11) is 0. The summed E-state index contributed by atoms with van der Waals surface area (Å²) in [5, 5.41) is 51.9. The number of unbranched alkanes of at least 4 members (excludes halogenated alkanes) is 9. The zero-order valence-electron chi connectivity index (χ0n) is 23.5. The molecule has 0 aromatic heterocycles. The standard InChI is InChI=1S/C12H26O3.C9H20O3.C6H14O3/c1-2-3-4-5-6-7-8-9-15-11-12(14)10-13;1-2-3-4-5-6-12-8-9(11)7-10;1-2-3-9-5-6(8)4-7/h12-14H,2-11H2,1H3;9-11H,2-8H2,1H3;6-8H,2-5H2,1H3. The summed E-state index contributed by atoms with van der Waals surface area (Å²) in [6.07, 6.45) is 12.4. The highest BCUT2D eigenvalue weighted by molar-refractivity contribution is 4.50. The number of rotatable bonds is 24. The molecule has 0 heterocycles. The Kier molecular flexibility index (Phi) is 41.0. The third-order valence-corrected chi connectivity index (χ3v) is 4.95. The van der Waals surface area contributed by atoms with E-state index in [2.05, 4.69) is 13.8 Å². The average Bonchev–Trinajstić information content (AvgIpc) is 2.90. The quantitative estimate of drug-likeness (QED) is 0.104. The Morgan fingerprint density at radius 3 is 1.06 bits per heavy atom. The molecule has 0 spiro atoms. The number of aliphatic hydroxyl groups is 6. The van der Waals surface area contributed by atoms with Crippen LogP contribution in [0.2, 0.25) is 0 Å². The predicted molar refractivity (Wildman–Crippen MR) is 144 cm³/mol. The monoisotopic (exact) mass is 528 g/mol. The molecule has 0 saturated heterocycles. The molecule has 0 amide bonds. The Balaban J connectivity index is -0.000000469. The van der Waals surface area contributed by atoms with E-state index in [1.165, 1.54) is 57.8 Å². The Labute approximate surface area is 220 Å². The Morgan fingerprint density at radius 1 is 0.417 bits per heavy atom. The highest BCUT2D eigenvalue weighted by Gasteiger charge is 2.01. The van der Waals surface area contributed by atoms with Gasteiger partial charge in [0.2, 0.25) is 0 Å². The second-order valence-corrected chi connectivity index (χ2v) is 8.92. The van der Waals surface area contributed by atoms with Crippen LogP contribution in [-0.4, -0.2) is 108 Å². The molecule has 3 atom stereocenters. The summed E-state index contributed by atoms with van der Waals surface area (Å²) in [5.41, 5.74) is 0. The van der Waals surface area contributed by atoms with Gasteiger partial charge in [0.15, 0.2) is 0 Å². The molecule has 0 aromatic rings. The molecule has 6 N–H and O–H groups in total. The van der Waals surface area contributed by atoms with Crippen molar-refractivity contribution in [1.29, 1.82) is 0 Å². The summed E-state index contributed by atoms with van der Waals surface area (Å²) in [4.78, 5) is 0. The first-order valence-electron chi connectivity index (χ1n) is 14.0. The van der Waals surface area contributed by atoms with E-state index < -0.39 is 18.3 Å². The number of hydrogen-bond donors (Lipinski definition) is 6. The van der Waals surface area contributed by atoms with Gasteiger partial charge in [0.25, 0.3) is 0 Å². The fourth-order valence-corrected chi connectivity index (χ4v) is 2.75. The third kappa shape index (κ3) is 40.8. The summed E-state index contributed by atoms with van der Waals surface area (Å²) in [5.74, 6) is 0. The van der Waals surface area contributed by atoms with Gasteiger partial charge < -0.3 is 44.8 Å². The van der Waals surface area contributed by atoms with Crippen LogP contribution in [0.3, 0.4) is 0 Å². The Bertz CT molecular complexity index is 362. The lowest BCUT2D eigenvalue weighted by Gasteiger charge is -2.07. The van der Waals surface area contributed by atoms with Crippen LogP contribution in [0, 0.1) is 0 Å². The zero-order chi connectivity index (χ0) is 27.7. The van der Waals surface area contributed by atoms with Crippen molar-refractivity contribution in [3.63, 3.8) is 0 Å². The topological polar surface area (TPSA) is 149 Å². The van der Waals surface area contributed by atoms with Crippen LogP contribution in [0.5, 0.6) is 0 Å². The van der Waals surface area contributed by atoms with Crippen molar-refractivity contribution in [2.45, 2.75) is 116 Å². The molecule has 36 heavy (non-hydrogen) atoms. The first kappa shape index (κ1) is 40.1. The summed E-state index contributed by atoms with van der Waals surface area (Å²) < 4.78 is 15.3. The van der Waals surface area contributed by atoms with Gasteiger partial charge >= 0.3 is 0 Å². The van der Waals surface area contributed by atoms with Crippen molar-refractivity contribution in [3.8, 4) is 0 Å². The maximum Gasteiger partial charge on any atom is 0.100 e. The minimum Gasteiger partial charge on any atom is -0.394 e. The molecule has 3 unspecified atom stereocenters. The minimum absolute atomic E-state index is 0.211. The predicted octanol–water partition coefficient (Wildman–Crippen LogP) is 2.81. The van der Waals surface area contributed by atoms with Crippen molar-refractivity contribution in [2.24, 2.45) is 0 Å². The average molecular weight is 529 g/mol. The van der Waals surface area contributed by atoms with Gasteiger partial charge in [0.05, 0.1) is 39.6 Å². The lowest BCUT2D eigenvalue weighted by molar-refractivity contribution is 0.00526. The van der Waals surface area contributed by atoms with Crippen molar-refractivity contribution < 1.29 is 44.8 Å². The molecule has 0 bridgehead atoms. The summed E-state index contributed by atoms with van der Waals surface area (Å²) in [6, 6.07) is 0. The minimum atomic E-state index is -0.713. The van der Waals surface area contributed by atoms with Gasteiger partial charge in [-0.3, -0.25) is 0 Å². The zero-order valence-corrected chi connectivity index (χ0v) is 23.5. The molecule has 0 saturated carbocycles. The summed E-state index contributed by atoms with van der Waals surface area (Å²) in [6.45, 7) is 8.52. The molecule has 0 radical (unpaired) electrons. The van der Waals surface area contributed by atoms with Gasteiger partial charge in [-0.05, 0) is 19.3 Å². The van der Waals surface area contributed by atoms with E-state index in [1.807, 2.05) is 6.92 Å². The van der Waals surface area contributed by atoms with Gasteiger partial charge in [0.1, 0.15) is 18.3 Å². The SMILES string of the molecule is CCCCCCCCCOCC(O)CO.CCCCCCOCC(O)CO.CCCOCC(O)CO. The van der Waals surface area contributed by atoms with Crippen LogP contribution in [0.15, 0.2) is 0 Å². The molecule has 9 nitrogen and oxygen atoms in total. The number of ether oxygens (including phenoxy) is 3. The highest BCUT2D eigenvalue weighted by Crippen LogP contribution is 2.06. The molecule has 0 fully saturated rings. The van der Waals surface area contributed by atoms with Crippen LogP contribution in [0.4, 0.5) is 0 Å². The third-order valence-electron chi connectivity index (χ3n) is 4.95. The molecule has 0 aromatic carbocycles. The van der Waals surface area contributed by atoms with Crippen molar-refractivity contribution in [2.75, 3.05) is 59.5 Å².